The molecule has 4 rings (SSSR count). The maximum Gasteiger partial charge on any atom is 0.271 e. The van der Waals surface area contributed by atoms with Crippen LogP contribution in [0.3, 0.4) is 0 Å². The highest BCUT2D eigenvalue weighted by Crippen LogP contribution is 2.31. The first-order valence-electron chi connectivity index (χ1n) is 10.4. The number of hydrogen-bond acceptors (Lipinski definition) is 5. The minimum absolute atomic E-state index is 0.0627. The maximum absolute atomic E-state index is 12.3. The van der Waals surface area contributed by atoms with E-state index in [-0.39, 0.29) is 24.5 Å². The number of nitrogens with one attached hydrogen (secondary N) is 1. The molecule has 1 aromatic heterocycles. The van der Waals surface area contributed by atoms with Gasteiger partial charge in [-0.2, -0.15) is 0 Å². The maximum atomic E-state index is 12.3. The molecule has 28 heavy (non-hydrogen) atoms. The Morgan fingerprint density at radius 1 is 1.21 bits per heavy atom. The molecule has 2 aliphatic heterocycles. The summed E-state index contributed by atoms with van der Waals surface area (Å²) in [7, 11) is 1.83. The van der Waals surface area contributed by atoms with Crippen LogP contribution in [0.5, 0.6) is 0 Å². The van der Waals surface area contributed by atoms with Crippen LogP contribution >= 0.6 is 0 Å². The third-order valence-corrected chi connectivity index (χ3v) is 6.05. The van der Waals surface area contributed by atoms with Crippen molar-refractivity contribution in [2.75, 3.05) is 45.9 Å². The fourth-order valence-corrected chi connectivity index (χ4v) is 4.14. The summed E-state index contributed by atoms with van der Waals surface area (Å²) in [5.41, 5.74) is 0.393. The molecule has 8 nitrogen and oxygen atoms in total. The van der Waals surface area contributed by atoms with Crippen molar-refractivity contribution >= 4 is 11.8 Å². The van der Waals surface area contributed by atoms with Crippen molar-refractivity contribution < 1.29 is 14.3 Å². The Balaban J connectivity index is 1.21. The van der Waals surface area contributed by atoms with Crippen LogP contribution in [-0.4, -0.2) is 83.1 Å². The molecule has 3 fully saturated rings. The second kappa shape index (κ2) is 8.61. The number of piperidine rings is 1. The molecule has 1 aliphatic carbocycles. The second-order valence-corrected chi connectivity index (χ2v) is 8.55. The van der Waals surface area contributed by atoms with E-state index in [0.29, 0.717) is 24.7 Å². The molecule has 1 N–H and O–H groups in total. The molecule has 154 valence electrons. The minimum Gasteiger partial charge on any atom is -0.365 e. The van der Waals surface area contributed by atoms with Crippen molar-refractivity contribution in [2.24, 2.45) is 18.9 Å². The van der Waals surface area contributed by atoms with Crippen LogP contribution in [-0.2, 0) is 16.6 Å². The van der Waals surface area contributed by atoms with E-state index in [1.807, 2.05) is 11.9 Å². The Bertz CT molecular complexity index is 694. The molecule has 0 bridgehead atoms. The van der Waals surface area contributed by atoms with Crippen LogP contribution < -0.4 is 5.32 Å². The quantitative estimate of drug-likeness (QED) is 0.735. The van der Waals surface area contributed by atoms with Crippen molar-refractivity contribution in [2.45, 2.75) is 31.8 Å². The molecule has 3 heterocycles. The van der Waals surface area contributed by atoms with Crippen LogP contribution in [0.2, 0.25) is 0 Å². The molecule has 3 aliphatic rings. The van der Waals surface area contributed by atoms with Crippen molar-refractivity contribution in [3.8, 4) is 0 Å². The number of likely N-dealkylation sites (tertiary alicyclic amines) is 1. The Kier molecular flexibility index (Phi) is 5.96. The molecule has 2 amide bonds. The van der Waals surface area contributed by atoms with Gasteiger partial charge in [-0.05, 0) is 50.6 Å². The summed E-state index contributed by atoms with van der Waals surface area (Å²) >= 11 is 0. The number of aromatic nitrogens is 2. The third-order valence-electron chi connectivity index (χ3n) is 6.05. The van der Waals surface area contributed by atoms with Gasteiger partial charge in [-0.3, -0.25) is 9.59 Å². The van der Waals surface area contributed by atoms with E-state index < -0.39 is 0 Å². The van der Waals surface area contributed by atoms with Gasteiger partial charge in [0.15, 0.2) is 0 Å². The number of rotatable bonds is 7. The van der Waals surface area contributed by atoms with Crippen molar-refractivity contribution in [1.82, 2.24) is 24.7 Å². The number of carbonyl (C=O) groups is 2. The number of carbonyl (C=O) groups excluding carboxylic acids is 2. The fourth-order valence-electron chi connectivity index (χ4n) is 4.14. The van der Waals surface area contributed by atoms with E-state index in [1.165, 1.54) is 32.2 Å². The van der Waals surface area contributed by atoms with E-state index >= 15 is 0 Å². The highest BCUT2D eigenvalue weighted by Gasteiger charge is 2.31. The first-order chi connectivity index (χ1) is 13.6. The highest BCUT2D eigenvalue weighted by molar-refractivity contribution is 5.92. The summed E-state index contributed by atoms with van der Waals surface area (Å²) in [6.07, 6.45) is 8.25. The summed E-state index contributed by atoms with van der Waals surface area (Å²) < 4.78 is 7.37. The van der Waals surface area contributed by atoms with Gasteiger partial charge in [0.05, 0.1) is 12.4 Å². The largest absolute Gasteiger partial charge is 0.365 e. The van der Waals surface area contributed by atoms with E-state index in [9.17, 15) is 9.59 Å². The number of morpholine rings is 1. The van der Waals surface area contributed by atoms with Gasteiger partial charge in [0, 0.05) is 39.4 Å². The number of hydrogen-bond donors (Lipinski definition) is 1. The summed E-state index contributed by atoms with van der Waals surface area (Å²) in [6.45, 7) is 5.42. The fraction of sp³-hybridized carbons (Fsp3) is 0.750. The molecule has 1 saturated carbocycles. The van der Waals surface area contributed by atoms with Crippen LogP contribution in [0.4, 0.5) is 0 Å². The lowest BCUT2D eigenvalue weighted by Gasteiger charge is -2.38. The van der Waals surface area contributed by atoms with Crippen molar-refractivity contribution in [3.05, 3.63) is 18.2 Å². The Hall–Kier alpha value is -1.93. The zero-order valence-electron chi connectivity index (χ0n) is 16.7. The summed E-state index contributed by atoms with van der Waals surface area (Å²) in [6, 6.07) is 0. The lowest BCUT2D eigenvalue weighted by molar-refractivity contribution is -0.149. The molecule has 0 aromatic carbocycles. The number of amides is 2. The second-order valence-electron chi connectivity index (χ2n) is 8.55. The molecular formula is C20H31N5O3. The smallest absolute Gasteiger partial charge is 0.271 e. The van der Waals surface area contributed by atoms with Crippen LogP contribution in [0, 0.1) is 11.8 Å². The monoisotopic (exact) mass is 389 g/mol. The predicted molar refractivity (Wildman–Crippen MR) is 104 cm³/mol. The van der Waals surface area contributed by atoms with Crippen LogP contribution in [0.15, 0.2) is 12.5 Å². The Labute approximate surface area is 166 Å². The molecule has 1 atom stereocenters. The van der Waals surface area contributed by atoms with Gasteiger partial charge in [-0.25, -0.2) is 4.98 Å². The zero-order chi connectivity index (χ0) is 19.5. The van der Waals surface area contributed by atoms with Gasteiger partial charge in [0.25, 0.3) is 5.91 Å². The molecule has 0 spiro atoms. The average Bonchev–Trinajstić information content (AvgIpc) is 3.40. The molecule has 0 radical (unpaired) electrons. The van der Waals surface area contributed by atoms with Gasteiger partial charge >= 0.3 is 0 Å². The molecule has 0 unspecified atom stereocenters. The highest BCUT2D eigenvalue weighted by atomic mass is 16.5. The van der Waals surface area contributed by atoms with Crippen molar-refractivity contribution in [1.29, 1.82) is 0 Å². The molecular weight excluding hydrogens is 358 g/mol. The molecule has 2 saturated heterocycles. The van der Waals surface area contributed by atoms with E-state index in [0.717, 1.165) is 25.6 Å². The average molecular weight is 390 g/mol. The van der Waals surface area contributed by atoms with Gasteiger partial charge in [0.1, 0.15) is 12.3 Å². The summed E-state index contributed by atoms with van der Waals surface area (Å²) in [5.74, 6) is 1.36. The third kappa shape index (κ3) is 5.11. The summed E-state index contributed by atoms with van der Waals surface area (Å²) in [5, 5.41) is 2.87. The van der Waals surface area contributed by atoms with Crippen LogP contribution in [0.25, 0.3) is 0 Å². The SMILES string of the molecule is Cn1cnc(C(=O)NC[C@@H]2CN(CC3CCN(CC4CC4)CC3)C(=O)CO2)c1. The van der Waals surface area contributed by atoms with E-state index in [4.69, 9.17) is 4.74 Å². The van der Waals surface area contributed by atoms with E-state index in [2.05, 4.69) is 15.2 Å². The standard InChI is InChI=1S/C20H31N5O3/c1-23-12-18(22-14-23)20(27)21-8-17-11-25(19(26)13-28-17)10-16-4-6-24(7-5-16)9-15-2-3-15/h12,14-17H,2-11,13H2,1H3,(H,21,27)/t17-/m1/s1. The number of imidazole rings is 1. The van der Waals surface area contributed by atoms with Gasteiger partial charge in [-0.1, -0.05) is 0 Å². The first kappa shape index (κ1) is 19.4. The Morgan fingerprint density at radius 3 is 2.64 bits per heavy atom. The first-order valence-corrected chi connectivity index (χ1v) is 10.4. The van der Waals surface area contributed by atoms with E-state index in [1.54, 1.807) is 17.1 Å². The minimum atomic E-state index is -0.212. The van der Waals surface area contributed by atoms with Crippen molar-refractivity contribution in [3.63, 3.8) is 0 Å². The number of aryl methyl sites for hydroxylation is 1. The lowest BCUT2D eigenvalue weighted by atomic mass is 9.95. The topological polar surface area (TPSA) is 79.7 Å². The molecule has 8 heteroatoms. The van der Waals surface area contributed by atoms with Crippen LogP contribution in [0.1, 0.15) is 36.2 Å². The van der Waals surface area contributed by atoms with Gasteiger partial charge in [-0.15, -0.1) is 0 Å². The lowest BCUT2D eigenvalue weighted by Crippen LogP contribution is -2.52. The summed E-state index contributed by atoms with van der Waals surface area (Å²) in [4.78, 5) is 33.0. The predicted octanol–water partition coefficient (Wildman–Crippen LogP) is 0.499. The van der Waals surface area contributed by atoms with Gasteiger partial charge < -0.3 is 24.4 Å². The normalized spacial score (nSPS) is 24.5. The Morgan fingerprint density at radius 2 is 1.96 bits per heavy atom. The number of ether oxygens (including phenoxy) is 1. The number of nitrogens with zero attached hydrogens (tertiary/aromatic N) is 4. The molecule has 1 aromatic rings. The zero-order valence-corrected chi connectivity index (χ0v) is 16.7. The van der Waals surface area contributed by atoms with Gasteiger partial charge in [0.2, 0.25) is 5.91 Å².